The fraction of sp³-hybridized carbons (Fsp3) is 0.538. The molecule has 18 heavy (non-hydrogen) atoms. The number of alkyl halides is 3. The Labute approximate surface area is 104 Å². The maximum Gasteiger partial charge on any atom is 0.416 e. The summed E-state index contributed by atoms with van der Waals surface area (Å²) in [5.41, 5.74) is 0.0905. The fourth-order valence-corrected chi connectivity index (χ4v) is 2.07. The van der Waals surface area contributed by atoms with Crippen LogP contribution >= 0.6 is 0 Å². The van der Waals surface area contributed by atoms with Crippen LogP contribution in [0.15, 0.2) is 24.3 Å². The van der Waals surface area contributed by atoms with Gasteiger partial charge in [-0.25, -0.2) is 0 Å². The number of benzene rings is 1. The van der Waals surface area contributed by atoms with Crippen LogP contribution in [0.3, 0.4) is 0 Å². The van der Waals surface area contributed by atoms with Crippen molar-refractivity contribution in [2.45, 2.75) is 25.6 Å². The van der Waals surface area contributed by atoms with E-state index in [9.17, 15) is 13.2 Å². The van der Waals surface area contributed by atoms with Crippen molar-refractivity contribution in [1.82, 2.24) is 0 Å². The summed E-state index contributed by atoms with van der Waals surface area (Å²) in [5, 5.41) is 3.15. The highest BCUT2D eigenvalue weighted by atomic mass is 19.4. The van der Waals surface area contributed by atoms with Crippen LogP contribution in [0.5, 0.6) is 0 Å². The van der Waals surface area contributed by atoms with E-state index in [4.69, 9.17) is 4.74 Å². The lowest BCUT2D eigenvalue weighted by Crippen LogP contribution is -2.20. The molecular formula is C13H16F3NO. The molecule has 2 unspecified atom stereocenters. The molecular weight excluding hydrogens is 243 g/mol. The van der Waals surface area contributed by atoms with E-state index in [2.05, 4.69) is 5.32 Å². The first kappa shape index (κ1) is 13.2. The van der Waals surface area contributed by atoms with Gasteiger partial charge < -0.3 is 10.1 Å². The Morgan fingerprint density at radius 3 is 2.44 bits per heavy atom. The molecule has 0 spiro atoms. The van der Waals surface area contributed by atoms with Crippen LogP contribution in [-0.2, 0) is 10.9 Å². The minimum atomic E-state index is -4.27. The number of halogens is 3. The molecule has 100 valence electrons. The summed E-state index contributed by atoms with van der Waals surface area (Å²) in [5.74, 6) is 0.423. The van der Waals surface area contributed by atoms with Gasteiger partial charge in [-0.15, -0.1) is 0 Å². The molecule has 1 aromatic carbocycles. The second kappa shape index (κ2) is 5.18. The van der Waals surface area contributed by atoms with Crippen molar-refractivity contribution < 1.29 is 17.9 Å². The second-order valence-electron chi connectivity index (χ2n) is 4.58. The lowest BCUT2D eigenvalue weighted by molar-refractivity contribution is -0.137. The molecule has 0 radical (unpaired) electrons. The lowest BCUT2D eigenvalue weighted by Gasteiger charge is -2.16. The van der Waals surface area contributed by atoms with Gasteiger partial charge in [0.15, 0.2) is 0 Å². The molecule has 2 nitrogen and oxygen atoms in total. The number of hydrogen-bond acceptors (Lipinski definition) is 2. The Hall–Kier alpha value is -1.23. The Bertz CT molecular complexity index is 388. The molecule has 1 aliphatic heterocycles. The molecule has 0 aromatic heterocycles. The summed E-state index contributed by atoms with van der Waals surface area (Å²) in [4.78, 5) is 0. The summed E-state index contributed by atoms with van der Waals surface area (Å²) in [6.45, 7) is 3.51. The topological polar surface area (TPSA) is 21.3 Å². The van der Waals surface area contributed by atoms with Gasteiger partial charge in [0.2, 0.25) is 0 Å². The molecule has 0 saturated carbocycles. The predicted molar refractivity (Wildman–Crippen MR) is 63.5 cm³/mol. The first-order chi connectivity index (χ1) is 8.47. The zero-order valence-electron chi connectivity index (χ0n) is 10.1. The summed E-state index contributed by atoms with van der Waals surface area (Å²) in [7, 11) is 0. The molecule has 1 heterocycles. The highest BCUT2D eigenvalue weighted by Gasteiger charge is 2.30. The first-order valence-corrected chi connectivity index (χ1v) is 5.99. The number of ether oxygens (including phenoxy) is 1. The van der Waals surface area contributed by atoms with E-state index in [1.807, 2.05) is 6.92 Å². The highest BCUT2D eigenvalue weighted by molar-refractivity contribution is 5.45. The molecule has 0 amide bonds. The molecule has 1 fully saturated rings. The average molecular weight is 259 g/mol. The quantitative estimate of drug-likeness (QED) is 0.896. The van der Waals surface area contributed by atoms with Crippen molar-refractivity contribution in [1.29, 1.82) is 0 Å². The summed E-state index contributed by atoms with van der Waals surface area (Å²) < 4.78 is 42.5. The highest BCUT2D eigenvalue weighted by Crippen LogP contribution is 2.30. The third kappa shape index (κ3) is 3.16. The Kier molecular flexibility index (Phi) is 3.80. The van der Waals surface area contributed by atoms with Gasteiger partial charge in [0, 0.05) is 24.8 Å². The number of rotatable bonds is 3. The van der Waals surface area contributed by atoms with Crippen molar-refractivity contribution in [3.05, 3.63) is 29.8 Å². The van der Waals surface area contributed by atoms with Gasteiger partial charge in [-0.1, -0.05) is 0 Å². The van der Waals surface area contributed by atoms with E-state index in [0.29, 0.717) is 11.6 Å². The molecule has 2 atom stereocenters. The minimum Gasteiger partial charge on any atom is -0.385 e. The van der Waals surface area contributed by atoms with Crippen LogP contribution in [0.25, 0.3) is 0 Å². The van der Waals surface area contributed by atoms with E-state index in [-0.39, 0.29) is 6.10 Å². The number of hydrogen-bond donors (Lipinski definition) is 1. The standard InChI is InChI=1S/C13H16F3NO/c1-9-10(6-7-18-9)8-17-12-4-2-11(3-5-12)13(14,15)16/h2-5,9-10,17H,6-8H2,1H3. The largest absolute Gasteiger partial charge is 0.416 e. The van der Waals surface area contributed by atoms with E-state index in [1.165, 1.54) is 12.1 Å². The first-order valence-electron chi connectivity index (χ1n) is 5.99. The molecule has 1 aromatic rings. The van der Waals surface area contributed by atoms with Crippen molar-refractivity contribution >= 4 is 5.69 Å². The Balaban J connectivity index is 1.90. The predicted octanol–water partition coefficient (Wildman–Crippen LogP) is 3.54. The normalized spacial score (nSPS) is 24.2. The van der Waals surface area contributed by atoms with Gasteiger partial charge in [0.05, 0.1) is 11.7 Å². The van der Waals surface area contributed by atoms with Gasteiger partial charge >= 0.3 is 6.18 Å². The molecule has 1 aliphatic rings. The van der Waals surface area contributed by atoms with Gasteiger partial charge in [-0.3, -0.25) is 0 Å². The van der Waals surface area contributed by atoms with E-state index in [1.54, 1.807) is 0 Å². The third-order valence-electron chi connectivity index (χ3n) is 3.31. The summed E-state index contributed by atoms with van der Waals surface area (Å²) in [6, 6.07) is 5.11. The van der Waals surface area contributed by atoms with Gasteiger partial charge in [0.1, 0.15) is 0 Å². The SMILES string of the molecule is CC1OCCC1CNc1ccc(C(F)(F)F)cc1. The van der Waals surface area contributed by atoms with Crippen molar-refractivity contribution in [3.8, 4) is 0 Å². The van der Waals surface area contributed by atoms with Crippen LogP contribution < -0.4 is 5.32 Å². The molecule has 0 aliphatic carbocycles. The van der Waals surface area contributed by atoms with Crippen LogP contribution in [0.2, 0.25) is 0 Å². The molecule has 2 rings (SSSR count). The zero-order valence-corrected chi connectivity index (χ0v) is 10.1. The minimum absolute atomic E-state index is 0.215. The number of nitrogens with one attached hydrogen (secondary N) is 1. The van der Waals surface area contributed by atoms with Gasteiger partial charge in [-0.05, 0) is 37.6 Å². The fourth-order valence-electron chi connectivity index (χ4n) is 2.07. The zero-order chi connectivity index (χ0) is 13.2. The Morgan fingerprint density at radius 2 is 1.94 bits per heavy atom. The van der Waals surface area contributed by atoms with Crippen LogP contribution in [0, 0.1) is 5.92 Å². The van der Waals surface area contributed by atoms with E-state index < -0.39 is 11.7 Å². The van der Waals surface area contributed by atoms with Crippen molar-refractivity contribution in [2.24, 2.45) is 5.92 Å². The van der Waals surface area contributed by atoms with Crippen molar-refractivity contribution in [2.75, 3.05) is 18.5 Å². The lowest BCUT2D eigenvalue weighted by atomic mass is 10.0. The summed E-state index contributed by atoms with van der Waals surface area (Å²) in [6.07, 6.45) is -3.06. The van der Waals surface area contributed by atoms with Crippen molar-refractivity contribution in [3.63, 3.8) is 0 Å². The Morgan fingerprint density at radius 1 is 1.28 bits per heavy atom. The van der Waals surface area contributed by atoms with E-state index >= 15 is 0 Å². The van der Waals surface area contributed by atoms with Gasteiger partial charge in [-0.2, -0.15) is 13.2 Å². The second-order valence-corrected chi connectivity index (χ2v) is 4.58. The van der Waals surface area contributed by atoms with Gasteiger partial charge in [0.25, 0.3) is 0 Å². The van der Waals surface area contributed by atoms with Crippen LogP contribution in [0.4, 0.5) is 18.9 Å². The molecule has 0 bridgehead atoms. The van der Waals surface area contributed by atoms with E-state index in [0.717, 1.165) is 31.7 Å². The smallest absolute Gasteiger partial charge is 0.385 e. The van der Waals surface area contributed by atoms with Crippen LogP contribution in [0.1, 0.15) is 18.9 Å². The molecule has 5 heteroatoms. The monoisotopic (exact) mass is 259 g/mol. The molecule has 1 saturated heterocycles. The maximum absolute atomic E-state index is 12.4. The summed E-state index contributed by atoms with van der Waals surface area (Å²) >= 11 is 0. The maximum atomic E-state index is 12.4. The average Bonchev–Trinajstić information content (AvgIpc) is 2.72. The molecule has 1 N–H and O–H groups in total. The van der Waals surface area contributed by atoms with Crippen LogP contribution in [-0.4, -0.2) is 19.3 Å². The third-order valence-corrected chi connectivity index (χ3v) is 3.31. The number of anilines is 1.